The lowest BCUT2D eigenvalue weighted by molar-refractivity contribution is -0.143. The quantitative estimate of drug-likeness (QED) is 0.158. The van der Waals surface area contributed by atoms with Crippen LogP contribution in [0.1, 0.15) is 31.4 Å². The Labute approximate surface area is 226 Å². The van der Waals surface area contributed by atoms with Gasteiger partial charge < -0.3 is 42.1 Å². The number of amides is 3. The van der Waals surface area contributed by atoms with Gasteiger partial charge in [0, 0.05) is 6.42 Å². The third-order valence-corrected chi connectivity index (χ3v) is 6.33. The number of carbonyl (C=O) groups excluding carboxylic acids is 3. The Balaban J connectivity index is 2.24. The van der Waals surface area contributed by atoms with E-state index in [2.05, 4.69) is 16.0 Å². The summed E-state index contributed by atoms with van der Waals surface area (Å²) in [5.41, 5.74) is 7.39. The largest absolute Gasteiger partial charge is 0.508 e. The van der Waals surface area contributed by atoms with Crippen molar-refractivity contribution in [2.45, 2.75) is 57.3 Å². The van der Waals surface area contributed by atoms with Crippen molar-refractivity contribution in [1.82, 2.24) is 16.0 Å². The average molecular weight is 545 g/mol. The molecule has 2 rings (SSSR count). The van der Waals surface area contributed by atoms with Gasteiger partial charge >= 0.3 is 5.97 Å². The molecular weight excluding hydrogens is 508 g/mol. The molecule has 0 spiro atoms. The summed E-state index contributed by atoms with van der Waals surface area (Å²) < 4.78 is 0. The molecule has 2 aromatic carbocycles. The van der Waals surface area contributed by atoms with E-state index in [0.717, 1.165) is 0 Å². The predicted molar refractivity (Wildman–Crippen MR) is 142 cm³/mol. The van der Waals surface area contributed by atoms with Gasteiger partial charge in [0.25, 0.3) is 0 Å². The standard InChI is InChI=1S/C27H36N4O8/c1-3-15(2)23(26(37)30-22(14-32)27(38)39)31-25(36)21(13-17-6-10-19(34)11-7-17)29-24(35)20(28)12-16-4-8-18(33)9-5-16/h4-11,15,20-23,32-34H,3,12-14,28H2,1-2H3,(H,29,35)(H,30,37)(H,31,36)(H,38,39). The molecule has 0 bridgehead atoms. The molecule has 0 aliphatic rings. The van der Waals surface area contributed by atoms with Crippen LogP contribution in [0.4, 0.5) is 0 Å². The fourth-order valence-corrected chi connectivity index (χ4v) is 3.74. The number of aliphatic carboxylic acids is 1. The minimum Gasteiger partial charge on any atom is -0.508 e. The van der Waals surface area contributed by atoms with Crippen LogP contribution in [0.3, 0.4) is 0 Å². The van der Waals surface area contributed by atoms with Crippen molar-refractivity contribution in [3.8, 4) is 11.5 Å². The van der Waals surface area contributed by atoms with Crippen LogP contribution in [0.2, 0.25) is 0 Å². The van der Waals surface area contributed by atoms with Crippen molar-refractivity contribution in [2.24, 2.45) is 11.7 Å². The zero-order valence-electron chi connectivity index (χ0n) is 21.8. The highest BCUT2D eigenvalue weighted by atomic mass is 16.4. The van der Waals surface area contributed by atoms with Crippen LogP contribution in [0.25, 0.3) is 0 Å². The summed E-state index contributed by atoms with van der Waals surface area (Å²) in [5.74, 6) is -3.88. The maximum absolute atomic E-state index is 13.4. The monoisotopic (exact) mass is 544 g/mol. The van der Waals surface area contributed by atoms with Crippen LogP contribution in [0.5, 0.6) is 11.5 Å². The summed E-state index contributed by atoms with van der Waals surface area (Å²) in [6.07, 6.45) is 0.601. The number of hydrogen-bond acceptors (Lipinski definition) is 8. The third-order valence-electron chi connectivity index (χ3n) is 6.33. The minimum atomic E-state index is -1.55. The molecule has 0 aromatic heterocycles. The molecule has 9 N–H and O–H groups in total. The molecule has 0 heterocycles. The first-order valence-corrected chi connectivity index (χ1v) is 12.5. The number of nitrogens with two attached hydrogens (primary N) is 1. The van der Waals surface area contributed by atoms with Gasteiger partial charge in [-0.15, -0.1) is 0 Å². The lowest BCUT2D eigenvalue weighted by atomic mass is 9.96. The fraction of sp³-hybridized carbons (Fsp3) is 0.407. The van der Waals surface area contributed by atoms with Crippen LogP contribution >= 0.6 is 0 Å². The lowest BCUT2D eigenvalue weighted by Crippen LogP contribution is -2.59. The van der Waals surface area contributed by atoms with Gasteiger partial charge in [0.2, 0.25) is 17.7 Å². The van der Waals surface area contributed by atoms with Crippen molar-refractivity contribution >= 4 is 23.7 Å². The van der Waals surface area contributed by atoms with E-state index in [-0.39, 0.29) is 24.3 Å². The first-order valence-electron chi connectivity index (χ1n) is 12.5. The van der Waals surface area contributed by atoms with E-state index in [1.807, 2.05) is 0 Å². The average Bonchev–Trinajstić information content (AvgIpc) is 2.91. The molecule has 0 saturated carbocycles. The lowest BCUT2D eigenvalue weighted by Gasteiger charge is -2.28. The number of hydrogen-bond donors (Lipinski definition) is 8. The molecule has 0 aliphatic heterocycles. The van der Waals surface area contributed by atoms with Crippen molar-refractivity contribution in [3.05, 3.63) is 59.7 Å². The Kier molecular flexibility index (Phi) is 11.7. The van der Waals surface area contributed by atoms with Crippen molar-refractivity contribution < 1.29 is 39.6 Å². The number of carboxylic acid groups (broad SMARTS) is 1. The van der Waals surface area contributed by atoms with Crippen molar-refractivity contribution in [3.63, 3.8) is 0 Å². The van der Waals surface area contributed by atoms with E-state index in [9.17, 15) is 39.6 Å². The van der Waals surface area contributed by atoms with Gasteiger partial charge in [-0.25, -0.2) is 4.79 Å². The van der Waals surface area contributed by atoms with Gasteiger partial charge in [0.05, 0.1) is 12.6 Å². The first kappa shape index (κ1) is 31.1. The summed E-state index contributed by atoms with van der Waals surface area (Å²) in [6, 6.07) is 7.29. The van der Waals surface area contributed by atoms with Crippen molar-refractivity contribution in [1.29, 1.82) is 0 Å². The number of carboxylic acids is 1. The number of benzene rings is 2. The van der Waals surface area contributed by atoms with E-state index in [0.29, 0.717) is 17.5 Å². The van der Waals surface area contributed by atoms with Crippen molar-refractivity contribution in [2.75, 3.05) is 6.61 Å². The van der Waals surface area contributed by atoms with Crippen LogP contribution in [-0.2, 0) is 32.0 Å². The van der Waals surface area contributed by atoms with E-state index in [1.165, 1.54) is 24.3 Å². The molecule has 5 unspecified atom stereocenters. The smallest absolute Gasteiger partial charge is 0.328 e. The molecule has 12 nitrogen and oxygen atoms in total. The number of aromatic hydroxyl groups is 2. The first-order chi connectivity index (χ1) is 18.4. The fourth-order valence-electron chi connectivity index (χ4n) is 3.74. The number of rotatable bonds is 14. The van der Waals surface area contributed by atoms with Crippen LogP contribution in [0.15, 0.2) is 48.5 Å². The molecule has 0 saturated heterocycles. The molecular formula is C27H36N4O8. The number of nitrogens with one attached hydrogen (secondary N) is 3. The van der Waals surface area contributed by atoms with Gasteiger partial charge in [-0.05, 0) is 47.7 Å². The molecule has 2 aromatic rings. The molecule has 12 heteroatoms. The zero-order valence-corrected chi connectivity index (χ0v) is 21.8. The molecule has 39 heavy (non-hydrogen) atoms. The highest BCUT2D eigenvalue weighted by Gasteiger charge is 2.32. The molecule has 5 atom stereocenters. The van der Waals surface area contributed by atoms with E-state index < -0.39 is 60.4 Å². The van der Waals surface area contributed by atoms with Crippen LogP contribution in [-0.4, -0.2) is 74.9 Å². The molecule has 0 aliphatic carbocycles. The topological polar surface area (TPSA) is 211 Å². The summed E-state index contributed by atoms with van der Waals surface area (Å²) >= 11 is 0. The highest BCUT2D eigenvalue weighted by molar-refractivity contribution is 5.94. The maximum atomic E-state index is 13.4. The highest BCUT2D eigenvalue weighted by Crippen LogP contribution is 2.14. The SMILES string of the molecule is CCC(C)C(NC(=O)C(Cc1ccc(O)cc1)NC(=O)C(N)Cc1ccc(O)cc1)C(=O)NC(CO)C(=O)O. The second-order valence-corrected chi connectivity index (χ2v) is 9.36. The Morgan fingerprint density at radius 2 is 1.26 bits per heavy atom. The molecule has 212 valence electrons. The Bertz CT molecular complexity index is 1120. The Hall–Kier alpha value is -4.16. The van der Waals surface area contributed by atoms with Crippen LogP contribution < -0.4 is 21.7 Å². The second kappa shape index (κ2) is 14.7. The predicted octanol–water partition coefficient (Wildman–Crippen LogP) is -0.212. The van der Waals surface area contributed by atoms with Gasteiger partial charge in [-0.3, -0.25) is 14.4 Å². The Morgan fingerprint density at radius 3 is 1.72 bits per heavy atom. The van der Waals surface area contributed by atoms with E-state index >= 15 is 0 Å². The maximum Gasteiger partial charge on any atom is 0.328 e. The van der Waals surface area contributed by atoms with Crippen LogP contribution in [0, 0.1) is 5.92 Å². The molecule has 3 amide bonds. The second-order valence-electron chi connectivity index (χ2n) is 9.36. The molecule has 0 fully saturated rings. The number of phenolic OH excluding ortho intramolecular Hbond substituents is 2. The number of aliphatic hydroxyl groups excluding tert-OH is 1. The number of aliphatic hydroxyl groups is 1. The van der Waals surface area contributed by atoms with E-state index in [4.69, 9.17) is 5.73 Å². The number of carbonyl (C=O) groups is 4. The van der Waals surface area contributed by atoms with Gasteiger partial charge in [0.15, 0.2) is 0 Å². The summed E-state index contributed by atoms with van der Waals surface area (Å²) in [5, 5.41) is 44.9. The third kappa shape index (κ3) is 9.58. The molecule has 0 radical (unpaired) electrons. The van der Waals surface area contributed by atoms with Gasteiger partial charge in [0.1, 0.15) is 29.6 Å². The summed E-state index contributed by atoms with van der Waals surface area (Å²) in [4.78, 5) is 50.5. The number of phenols is 2. The Morgan fingerprint density at radius 1 is 0.769 bits per heavy atom. The van der Waals surface area contributed by atoms with E-state index in [1.54, 1.807) is 38.1 Å². The van der Waals surface area contributed by atoms with Gasteiger partial charge in [-0.1, -0.05) is 44.5 Å². The minimum absolute atomic E-state index is 0.00696. The zero-order chi connectivity index (χ0) is 29.1. The summed E-state index contributed by atoms with van der Waals surface area (Å²) in [7, 11) is 0. The summed E-state index contributed by atoms with van der Waals surface area (Å²) in [6.45, 7) is 2.65. The van der Waals surface area contributed by atoms with Gasteiger partial charge in [-0.2, -0.15) is 0 Å². The normalized spacial score (nSPS) is 14.8.